The van der Waals surface area contributed by atoms with Crippen LogP contribution < -0.4 is 5.73 Å². The van der Waals surface area contributed by atoms with E-state index >= 15 is 0 Å². The van der Waals surface area contributed by atoms with Crippen LogP contribution in [0.15, 0.2) is 18.2 Å². The number of benzene rings is 1. The molecular weight excluding hydrogens is 210 g/mol. The van der Waals surface area contributed by atoms with Crippen molar-refractivity contribution < 1.29 is 5.11 Å². The van der Waals surface area contributed by atoms with Crippen molar-refractivity contribution in [2.45, 2.75) is 33.2 Å². The first-order valence-corrected chi connectivity index (χ1v) is 5.11. The molecule has 86 valence electrons. The van der Waals surface area contributed by atoms with Gasteiger partial charge in [0.15, 0.2) is 0 Å². The molecular formula is C12H20ClNO. The molecule has 0 bridgehead atoms. The van der Waals surface area contributed by atoms with Gasteiger partial charge in [0.05, 0.1) is 0 Å². The summed E-state index contributed by atoms with van der Waals surface area (Å²) in [5, 5.41) is 9.67. The number of hydrogen-bond acceptors (Lipinski definition) is 2. The molecule has 0 saturated carbocycles. The van der Waals surface area contributed by atoms with Crippen LogP contribution >= 0.6 is 12.4 Å². The molecule has 0 radical (unpaired) electrons. The average molecular weight is 230 g/mol. The van der Waals surface area contributed by atoms with Crippen molar-refractivity contribution >= 4 is 12.4 Å². The summed E-state index contributed by atoms with van der Waals surface area (Å²) in [5.41, 5.74) is 8.05. The average Bonchev–Trinajstić information content (AvgIpc) is 2.19. The zero-order chi connectivity index (χ0) is 10.7. The maximum atomic E-state index is 9.67. The Morgan fingerprint density at radius 3 is 2.53 bits per heavy atom. The van der Waals surface area contributed by atoms with E-state index in [0.717, 1.165) is 17.5 Å². The standard InChI is InChI=1S/C12H19NO.ClH/c1-4-9(3)12(13)10-7-8(2)5-6-11(10)14;/h5-7,9,12,14H,4,13H2,1-3H3;1H/t9?,12-;/m1./s1. The van der Waals surface area contributed by atoms with E-state index in [9.17, 15) is 5.11 Å². The van der Waals surface area contributed by atoms with Gasteiger partial charge in [0.25, 0.3) is 0 Å². The van der Waals surface area contributed by atoms with E-state index in [-0.39, 0.29) is 18.4 Å². The molecule has 0 fully saturated rings. The number of rotatable bonds is 3. The van der Waals surface area contributed by atoms with Crippen molar-refractivity contribution in [3.8, 4) is 5.75 Å². The summed E-state index contributed by atoms with van der Waals surface area (Å²) in [7, 11) is 0. The van der Waals surface area contributed by atoms with E-state index in [4.69, 9.17) is 5.73 Å². The van der Waals surface area contributed by atoms with Crippen molar-refractivity contribution in [1.82, 2.24) is 0 Å². The number of nitrogens with two attached hydrogens (primary N) is 1. The largest absolute Gasteiger partial charge is 0.508 e. The molecule has 0 aliphatic rings. The van der Waals surface area contributed by atoms with Crippen LogP contribution in [0.3, 0.4) is 0 Å². The third-order valence-electron chi connectivity index (χ3n) is 2.80. The van der Waals surface area contributed by atoms with Crippen LogP contribution in [0.2, 0.25) is 0 Å². The topological polar surface area (TPSA) is 46.2 Å². The molecule has 2 atom stereocenters. The van der Waals surface area contributed by atoms with Gasteiger partial charge in [-0.25, -0.2) is 0 Å². The summed E-state index contributed by atoms with van der Waals surface area (Å²) in [6, 6.07) is 5.50. The smallest absolute Gasteiger partial charge is 0.120 e. The zero-order valence-electron chi connectivity index (χ0n) is 9.53. The van der Waals surface area contributed by atoms with Crippen LogP contribution in [0.4, 0.5) is 0 Å². The highest BCUT2D eigenvalue weighted by Gasteiger charge is 2.16. The Morgan fingerprint density at radius 1 is 1.40 bits per heavy atom. The fourth-order valence-electron chi connectivity index (χ4n) is 1.50. The van der Waals surface area contributed by atoms with Gasteiger partial charge in [-0.05, 0) is 18.9 Å². The molecule has 1 aromatic rings. The van der Waals surface area contributed by atoms with Gasteiger partial charge >= 0.3 is 0 Å². The van der Waals surface area contributed by atoms with Crippen LogP contribution in [-0.4, -0.2) is 5.11 Å². The van der Waals surface area contributed by atoms with Crippen molar-refractivity contribution in [3.63, 3.8) is 0 Å². The number of hydrogen-bond donors (Lipinski definition) is 2. The van der Waals surface area contributed by atoms with E-state index < -0.39 is 0 Å². The molecule has 0 heterocycles. The Kier molecular flexibility index (Phi) is 5.69. The molecule has 15 heavy (non-hydrogen) atoms. The van der Waals surface area contributed by atoms with Crippen LogP contribution in [0.5, 0.6) is 5.75 Å². The minimum Gasteiger partial charge on any atom is -0.508 e. The number of aromatic hydroxyl groups is 1. The van der Waals surface area contributed by atoms with E-state index in [1.807, 2.05) is 19.1 Å². The first-order valence-electron chi connectivity index (χ1n) is 5.11. The Hall–Kier alpha value is -0.730. The second-order valence-corrected chi connectivity index (χ2v) is 3.97. The van der Waals surface area contributed by atoms with Gasteiger partial charge < -0.3 is 10.8 Å². The highest BCUT2D eigenvalue weighted by Crippen LogP contribution is 2.29. The van der Waals surface area contributed by atoms with Crippen molar-refractivity contribution in [3.05, 3.63) is 29.3 Å². The molecule has 1 unspecified atom stereocenters. The third kappa shape index (κ3) is 3.40. The molecule has 0 amide bonds. The molecule has 1 rings (SSSR count). The Balaban J connectivity index is 0.00000196. The lowest BCUT2D eigenvalue weighted by atomic mass is 9.92. The lowest BCUT2D eigenvalue weighted by molar-refractivity contribution is 0.419. The van der Waals surface area contributed by atoms with Crippen LogP contribution in [0, 0.1) is 12.8 Å². The second kappa shape index (κ2) is 5.99. The molecule has 1 aromatic carbocycles. The Bertz CT molecular complexity index is 314. The van der Waals surface area contributed by atoms with Crippen molar-refractivity contribution in [1.29, 1.82) is 0 Å². The van der Waals surface area contributed by atoms with Crippen LogP contribution in [0.25, 0.3) is 0 Å². The van der Waals surface area contributed by atoms with Gasteiger partial charge in [-0.1, -0.05) is 38.0 Å². The molecule has 0 aliphatic heterocycles. The van der Waals surface area contributed by atoms with Gasteiger partial charge in [0.1, 0.15) is 5.75 Å². The lowest BCUT2D eigenvalue weighted by Gasteiger charge is -2.20. The van der Waals surface area contributed by atoms with Gasteiger partial charge in [-0.3, -0.25) is 0 Å². The zero-order valence-corrected chi connectivity index (χ0v) is 10.3. The second-order valence-electron chi connectivity index (χ2n) is 3.97. The lowest BCUT2D eigenvalue weighted by Crippen LogP contribution is -2.18. The van der Waals surface area contributed by atoms with Gasteiger partial charge in [0, 0.05) is 11.6 Å². The summed E-state index contributed by atoms with van der Waals surface area (Å²) in [6.07, 6.45) is 1.02. The maximum Gasteiger partial charge on any atom is 0.120 e. The fourth-order valence-corrected chi connectivity index (χ4v) is 1.50. The van der Waals surface area contributed by atoms with E-state index in [0.29, 0.717) is 11.7 Å². The number of halogens is 1. The monoisotopic (exact) mass is 229 g/mol. The molecule has 2 nitrogen and oxygen atoms in total. The van der Waals surface area contributed by atoms with E-state index in [1.165, 1.54) is 0 Å². The van der Waals surface area contributed by atoms with E-state index in [1.54, 1.807) is 6.07 Å². The highest BCUT2D eigenvalue weighted by atomic mass is 35.5. The summed E-state index contributed by atoms with van der Waals surface area (Å²) in [5.74, 6) is 0.700. The normalized spacial score (nSPS) is 14.1. The van der Waals surface area contributed by atoms with Gasteiger partial charge in [-0.15, -0.1) is 12.4 Å². The molecule has 0 aromatic heterocycles. The third-order valence-corrected chi connectivity index (χ3v) is 2.80. The minimum atomic E-state index is -0.0695. The minimum absolute atomic E-state index is 0. The molecule has 3 heteroatoms. The first kappa shape index (κ1) is 14.3. The predicted molar refractivity (Wildman–Crippen MR) is 66.5 cm³/mol. The van der Waals surface area contributed by atoms with E-state index in [2.05, 4.69) is 13.8 Å². The quantitative estimate of drug-likeness (QED) is 0.837. The first-order chi connectivity index (χ1) is 6.56. The summed E-state index contributed by atoms with van der Waals surface area (Å²) >= 11 is 0. The summed E-state index contributed by atoms with van der Waals surface area (Å²) in [4.78, 5) is 0. The molecule has 0 spiro atoms. The fraction of sp³-hybridized carbons (Fsp3) is 0.500. The molecule has 0 saturated heterocycles. The van der Waals surface area contributed by atoms with Crippen molar-refractivity contribution in [2.24, 2.45) is 11.7 Å². The molecule has 0 aliphatic carbocycles. The van der Waals surface area contributed by atoms with Gasteiger partial charge in [0.2, 0.25) is 0 Å². The SMILES string of the molecule is CCC(C)[C@@H](N)c1cc(C)ccc1O.Cl. The Morgan fingerprint density at radius 2 is 2.00 bits per heavy atom. The Labute approximate surface area is 97.9 Å². The maximum absolute atomic E-state index is 9.67. The van der Waals surface area contributed by atoms with Crippen LogP contribution in [0.1, 0.15) is 37.4 Å². The number of phenols is 1. The van der Waals surface area contributed by atoms with Crippen molar-refractivity contribution in [2.75, 3.05) is 0 Å². The summed E-state index contributed by atoms with van der Waals surface area (Å²) < 4.78 is 0. The number of aryl methyl sites for hydroxylation is 1. The number of phenolic OH excluding ortho intramolecular Hbond substituents is 1. The molecule has 3 N–H and O–H groups in total. The van der Waals surface area contributed by atoms with Gasteiger partial charge in [-0.2, -0.15) is 0 Å². The van der Waals surface area contributed by atoms with Crippen LogP contribution in [-0.2, 0) is 0 Å². The predicted octanol–water partition coefficient (Wildman–Crippen LogP) is 3.17. The summed E-state index contributed by atoms with van der Waals surface area (Å²) in [6.45, 7) is 6.22. The highest BCUT2D eigenvalue weighted by molar-refractivity contribution is 5.85.